The van der Waals surface area contributed by atoms with Gasteiger partial charge in [0, 0.05) is 5.92 Å². The fourth-order valence-electron chi connectivity index (χ4n) is 2.92. The van der Waals surface area contributed by atoms with Gasteiger partial charge in [0.05, 0.1) is 12.2 Å². The minimum Gasteiger partial charge on any atom is -0.429 e. The zero-order valence-electron chi connectivity index (χ0n) is 13.8. The standard InChI is InChI=1S/C18H26O4/c1-5-16-17(13(3)12(2)14(4)21-16)22-18(19)20-11-15-9-7-6-8-10-15/h6-10,12-14,16-17H,5,11H2,1-4H3. The van der Waals surface area contributed by atoms with E-state index in [-0.39, 0.29) is 30.8 Å². The highest BCUT2D eigenvalue weighted by molar-refractivity contribution is 5.60. The molecule has 1 aliphatic rings. The summed E-state index contributed by atoms with van der Waals surface area (Å²) in [4.78, 5) is 12.0. The minimum absolute atomic E-state index is 0.0644. The molecule has 5 atom stereocenters. The molecule has 5 unspecified atom stereocenters. The van der Waals surface area contributed by atoms with Gasteiger partial charge in [-0.3, -0.25) is 0 Å². The molecule has 0 aromatic heterocycles. The van der Waals surface area contributed by atoms with Crippen LogP contribution in [0, 0.1) is 11.8 Å². The molecule has 0 amide bonds. The van der Waals surface area contributed by atoms with Gasteiger partial charge in [-0.1, -0.05) is 51.1 Å². The van der Waals surface area contributed by atoms with Crippen molar-refractivity contribution in [2.24, 2.45) is 11.8 Å². The lowest BCUT2D eigenvalue weighted by Gasteiger charge is -2.42. The van der Waals surface area contributed by atoms with E-state index in [1.165, 1.54) is 0 Å². The molecule has 0 saturated carbocycles. The van der Waals surface area contributed by atoms with Crippen molar-refractivity contribution in [3.8, 4) is 0 Å². The second-order valence-corrected chi connectivity index (χ2v) is 6.11. The fourth-order valence-corrected chi connectivity index (χ4v) is 2.92. The summed E-state index contributed by atoms with van der Waals surface area (Å²) in [6.45, 7) is 8.60. The molecule has 4 nitrogen and oxygen atoms in total. The second-order valence-electron chi connectivity index (χ2n) is 6.11. The monoisotopic (exact) mass is 306 g/mol. The van der Waals surface area contributed by atoms with E-state index in [9.17, 15) is 4.79 Å². The summed E-state index contributed by atoms with van der Waals surface area (Å²) >= 11 is 0. The number of hydrogen-bond acceptors (Lipinski definition) is 4. The highest BCUT2D eigenvalue weighted by atomic mass is 16.7. The Kier molecular flexibility index (Phi) is 5.83. The third-order valence-corrected chi connectivity index (χ3v) is 4.68. The molecule has 1 aromatic rings. The first-order valence-electron chi connectivity index (χ1n) is 8.05. The Labute approximate surface area is 132 Å². The van der Waals surface area contributed by atoms with Gasteiger partial charge in [0.1, 0.15) is 12.7 Å². The molecular weight excluding hydrogens is 280 g/mol. The van der Waals surface area contributed by atoms with Gasteiger partial charge in [-0.15, -0.1) is 0 Å². The summed E-state index contributed by atoms with van der Waals surface area (Å²) in [5.41, 5.74) is 0.946. The van der Waals surface area contributed by atoms with Crippen LogP contribution in [0.15, 0.2) is 30.3 Å². The fraction of sp³-hybridized carbons (Fsp3) is 0.611. The van der Waals surface area contributed by atoms with Gasteiger partial charge in [-0.25, -0.2) is 4.79 Å². The van der Waals surface area contributed by atoms with E-state index in [1.54, 1.807) is 0 Å². The molecule has 1 aromatic carbocycles. The average Bonchev–Trinajstić information content (AvgIpc) is 2.54. The third-order valence-electron chi connectivity index (χ3n) is 4.68. The molecule has 122 valence electrons. The van der Waals surface area contributed by atoms with Gasteiger partial charge in [0.15, 0.2) is 0 Å². The average molecular weight is 306 g/mol. The Balaban J connectivity index is 1.91. The second kappa shape index (κ2) is 7.63. The van der Waals surface area contributed by atoms with E-state index in [0.717, 1.165) is 12.0 Å². The number of benzene rings is 1. The molecule has 1 aliphatic heterocycles. The van der Waals surface area contributed by atoms with Crippen molar-refractivity contribution in [1.82, 2.24) is 0 Å². The lowest BCUT2D eigenvalue weighted by Crippen LogP contribution is -2.50. The summed E-state index contributed by atoms with van der Waals surface area (Å²) in [7, 11) is 0. The van der Waals surface area contributed by atoms with Crippen LogP contribution in [0.1, 0.15) is 39.7 Å². The minimum atomic E-state index is -0.621. The van der Waals surface area contributed by atoms with Crippen LogP contribution in [-0.4, -0.2) is 24.5 Å². The van der Waals surface area contributed by atoms with Crippen LogP contribution in [0.5, 0.6) is 0 Å². The molecular formula is C18H26O4. The van der Waals surface area contributed by atoms with Crippen molar-refractivity contribution in [2.45, 2.75) is 59.0 Å². The molecule has 22 heavy (non-hydrogen) atoms. The Bertz CT molecular complexity index is 471. The Morgan fingerprint density at radius 2 is 1.82 bits per heavy atom. The molecule has 1 heterocycles. The van der Waals surface area contributed by atoms with E-state index in [0.29, 0.717) is 5.92 Å². The van der Waals surface area contributed by atoms with Crippen LogP contribution in [0.25, 0.3) is 0 Å². The third kappa shape index (κ3) is 4.01. The van der Waals surface area contributed by atoms with Gasteiger partial charge in [0.25, 0.3) is 0 Å². The summed E-state index contributed by atoms with van der Waals surface area (Å²) in [5.74, 6) is 0.590. The number of carbonyl (C=O) groups is 1. The lowest BCUT2D eigenvalue weighted by molar-refractivity contribution is -0.170. The highest BCUT2D eigenvalue weighted by Gasteiger charge is 2.41. The topological polar surface area (TPSA) is 44.8 Å². The molecule has 0 bridgehead atoms. The number of rotatable bonds is 4. The van der Waals surface area contributed by atoms with Crippen molar-refractivity contribution < 1.29 is 19.0 Å². The van der Waals surface area contributed by atoms with Crippen molar-refractivity contribution >= 4 is 6.16 Å². The van der Waals surface area contributed by atoms with Crippen LogP contribution in [-0.2, 0) is 20.8 Å². The van der Waals surface area contributed by atoms with Crippen LogP contribution < -0.4 is 0 Å². The van der Waals surface area contributed by atoms with Crippen molar-refractivity contribution in [3.05, 3.63) is 35.9 Å². The van der Waals surface area contributed by atoms with E-state index in [1.807, 2.05) is 37.3 Å². The van der Waals surface area contributed by atoms with Crippen molar-refractivity contribution in [1.29, 1.82) is 0 Å². The molecule has 0 aliphatic carbocycles. The highest BCUT2D eigenvalue weighted by Crippen LogP contribution is 2.33. The maximum Gasteiger partial charge on any atom is 0.508 e. The van der Waals surface area contributed by atoms with Crippen LogP contribution in [0.2, 0.25) is 0 Å². The van der Waals surface area contributed by atoms with Crippen LogP contribution in [0.3, 0.4) is 0 Å². The summed E-state index contributed by atoms with van der Waals surface area (Å²) in [5, 5.41) is 0. The molecule has 1 saturated heterocycles. The van der Waals surface area contributed by atoms with E-state index >= 15 is 0 Å². The van der Waals surface area contributed by atoms with E-state index in [4.69, 9.17) is 14.2 Å². The predicted octanol–water partition coefficient (Wildman–Crippen LogP) is 4.18. The Morgan fingerprint density at radius 3 is 2.45 bits per heavy atom. The largest absolute Gasteiger partial charge is 0.508 e. The van der Waals surface area contributed by atoms with Gasteiger partial charge in [-0.2, -0.15) is 0 Å². The zero-order valence-corrected chi connectivity index (χ0v) is 13.8. The van der Waals surface area contributed by atoms with Crippen LogP contribution >= 0.6 is 0 Å². The SMILES string of the molecule is CCC1OC(C)C(C)C(C)C1OC(=O)OCc1ccccc1. The predicted molar refractivity (Wildman–Crippen MR) is 84.5 cm³/mol. The number of ether oxygens (including phenoxy) is 3. The Morgan fingerprint density at radius 1 is 1.14 bits per heavy atom. The van der Waals surface area contributed by atoms with Crippen molar-refractivity contribution in [3.63, 3.8) is 0 Å². The quantitative estimate of drug-likeness (QED) is 0.783. The maximum atomic E-state index is 12.0. The molecule has 0 radical (unpaired) electrons. The van der Waals surface area contributed by atoms with Gasteiger partial charge < -0.3 is 14.2 Å². The molecule has 0 spiro atoms. The summed E-state index contributed by atoms with van der Waals surface area (Å²) < 4.78 is 16.7. The first kappa shape index (κ1) is 16.8. The maximum absolute atomic E-state index is 12.0. The number of carbonyl (C=O) groups excluding carboxylic acids is 1. The molecule has 0 N–H and O–H groups in total. The van der Waals surface area contributed by atoms with Crippen molar-refractivity contribution in [2.75, 3.05) is 0 Å². The summed E-state index contributed by atoms with van der Waals surface area (Å²) in [6.07, 6.45) is 0.0625. The summed E-state index contributed by atoms with van der Waals surface area (Å²) in [6, 6.07) is 9.59. The van der Waals surface area contributed by atoms with E-state index < -0.39 is 6.16 Å². The van der Waals surface area contributed by atoms with Crippen LogP contribution in [0.4, 0.5) is 4.79 Å². The zero-order chi connectivity index (χ0) is 16.1. The first-order valence-corrected chi connectivity index (χ1v) is 8.05. The lowest BCUT2D eigenvalue weighted by atomic mass is 9.81. The Hall–Kier alpha value is -1.55. The normalized spacial score (nSPS) is 31.5. The number of hydrogen-bond donors (Lipinski definition) is 0. The van der Waals surface area contributed by atoms with E-state index in [2.05, 4.69) is 20.8 Å². The van der Waals surface area contributed by atoms with Gasteiger partial charge >= 0.3 is 6.16 Å². The van der Waals surface area contributed by atoms with Gasteiger partial charge in [-0.05, 0) is 24.8 Å². The molecule has 2 rings (SSSR count). The first-order chi connectivity index (χ1) is 10.5. The molecule has 4 heteroatoms. The van der Waals surface area contributed by atoms with Gasteiger partial charge in [0.2, 0.25) is 0 Å². The molecule has 1 fully saturated rings. The smallest absolute Gasteiger partial charge is 0.429 e.